The van der Waals surface area contributed by atoms with Crippen molar-refractivity contribution in [3.8, 4) is 33.4 Å². The van der Waals surface area contributed by atoms with Crippen molar-refractivity contribution >= 4 is 70.5 Å². The van der Waals surface area contributed by atoms with Crippen LogP contribution in [0.1, 0.15) is 12.3 Å². The number of anilines is 3. The fraction of sp³-hybridized carbons (Fsp3) is 0. The van der Waals surface area contributed by atoms with Crippen LogP contribution in [0.2, 0.25) is 0 Å². The molecule has 0 aliphatic heterocycles. The number of rotatable bonds is 6. The summed E-state index contributed by atoms with van der Waals surface area (Å²) in [5.74, 6) is 0. The molecule has 0 fully saturated rings. The summed E-state index contributed by atoms with van der Waals surface area (Å²) in [6.07, 6.45) is 0. The largest absolute Gasteiger partial charge is 0.454 e. The summed E-state index contributed by atoms with van der Waals surface area (Å²) in [6, 6.07) is 38.6. The second-order valence-electron chi connectivity index (χ2n) is 12.2. The Bertz CT molecular complexity index is 3340. The predicted molar refractivity (Wildman–Crippen MR) is 218 cm³/mol. The van der Waals surface area contributed by atoms with E-state index in [1.54, 1.807) is 16.2 Å². The van der Waals surface area contributed by atoms with Gasteiger partial charge in [0.25, 0.3) is 0 Å². The minimum Gasteiger partial charge on any atom is -0.454 e. The fourth-order valence-corrected chi connectivity index (χ4v) is 8.17. The van der Waals surface area contributed by atoms with Crippen molar-refractivity contribution in [2.45, 2.75) is 0 Å². The number of para-hydroxylation sites is 2. The van der Waals surface area contributed by atoms with Crippen molar-refractivity contribution in [1.82, 2.24) is 0 Å². The molecular weight excluding hydrogens is 639 g/mol. The summed E-state index contributed by atoms with van der Waals surface area (Å²) in [5.41, 5.74) is 4.97. The van der Waals surface area contributed by atoms with Gasteiger partial charge in [-0.05, 0) is 70.2 Å². The van der Waals surface area contributed by atoms with E-state index >= 15 is 0 Å². The van der Waals surface area contributed by atoms with Gasteiger partial charge < -0.3 is 9.32 Å². The molecule has 2 heterocycles. The van der Waals surface area contributed by atoms with E-state index in [1.807, 2.05) is 103 Å². The maximum absolute atomic E-state index is 9.58. The fourth-order valence-electron chi connectivity index (χ4n) is 6.94. The Kier molecular flexibility index (Phi) is 5.16. The predicted octanol–water partition coefficient (Wildman–Crippen LogP) is 14.4. The number of nitrogens with zero attached hydrogens (tertiary/aromatic N) is 1. The van der Waals surface area contributed by atoms with Crippen molar-refractivity contribution in [3.05, 3.63) is 188 Å². The summed E-state index contributed by atoms with van der Waals surface area (Å²) in [4.78, 5) is 1.67. The first-order valence-electron chi connectivity index (χ1n) is 21.0. The van der Waals surface area contributed by atoms with Gasteiger partial charge in [-0.25, -0.2) is 0 Å². The van der Waals surface area contributed by atoms with E-state index < -0.39 is 59.9 Å². The maximum atomic E-state index is 9.58. The van der Waals surface area contributed by atoms with Gasteiger partial charge >= 0.3 is 0 Å². The van der Waals surface area contributed by atoms with E-state index in [4.69, 9.17) is 11.3 Å². The molecule has 0 spiro atoms. The normalized spacial score (nSPS) is 14.0. The minimum absolute atomic E-state index is 0.104. The first-order valence-corrected chi connectivity index (χ1v) is 17.3. The average Bonchev–Trinajstić information content (AvgIpc) is 3.86. The quantitative estimate of drug-likeness (QED) is 0.174. The lowest BCUT2D eigenvalue weighted by atomic mass is 9.92. The van der Waals surface area contributed by atoms with Gasteiger partial charge in [-0.1, -0.05) is 145 Å². The average molecular weight is 679 g/mol. The molecule has 8 aromatic carbocycles. The Morgan fingerprint density at radius 2 is 1.18 bits per heavy atom. The van der Waals surface area contributed by atoms with Crippen LogP contribution in [-0.2, 0) is 0 Å². The molecule has 2 aromatic heterocycles. The van der Waals surface area contributed by atoms with E-state index in [2.05, 4.69) is 30.3 Å². The Labute approximate surface area is 312 Å². The summed E-state index contributed by atoms with van der Waals surface area (Å²) in [7, 11) is 0. The number of benzene rings is 8. The zero-order chi connectivity index (χ0) is 41.6. The van der Waals surface area contributed by atoms with Gasteiger partial charge in [-0.15, -0.1) is 11.3 Å². The highest BCUT2D eigenvalue weighted by molar-refractivity contribution is 7.26. The highest BCUT2D eigenvalue weighted by atomic mass is 32.1. The molecule has 0 aliphatic rings. The smallest absolute Gasteiger partial charge is 0.159 e. The Balaban J connectivity index is 1.28. The number of hydrogen-bond donors (Lipinski definition) is 0. The minimum atomic E-state index is -0.634. The van der Waals surface area contributed by atoms with Crippen molar-refractivity contribution in [2.24, 2.45) is 0 Å². The Morgan fingerprint density at radius 1 is 0.471 bits per heavy atom. The van der Waals surface area contributed by atoms with Crippen molar-refractivity contribution in [1.29, 1.82) is 0 Å². The van der Waals surface area contributed by atoms with Gasteiger partial charge in [0, 0.05) is 47.9 Å². The van der Waals surface area contributed by atoms with Gasteiger partial charge in [-0.2, -0.15) is 0 Å². The first kappa shape index (κ1) is 21.6. The van der Waals surface area contributed by atoms with Crippen LogP contribution in [0.5, 0.6) is 0 Å². The third-order valence-corrected chi connectivity index (χ3v) is 10.5. The highest BCUT2D eigenvalue weighted by Gasteiger charge is 2.22. The van der Waals surface area contributed by atoms with E-state index in [9.17, 15) is 5.48 Å². The van der Waals surface area contributed by atoms with E-state index in [0.717, 1.165) is 43.1 Å². The lowest BCUT2D eigenvalue weighted by Gasteiger charge is -2.27. The molecule has 240 valence electrons. The molecule has 51 heavy (non-hydrogen) atoms. The molecule has 0 bridgehead atoms. The summed E-state index contributed by atoms with van der Waals surface area (Å²) in [6.45, 7) is 0. The molecule has 10 aromatic rings. The van der Waals surface area contributed by atoms with Crippen LogP contribution in [0.25, 0.3) is 75.5 Å². The van der Waals surface area contributed by atoms with E-state index in [0.29, 0.717) is 22.5 Å². The van der Waals surface area contributed by atoms with Crippen LogP contribution in [0, 0.1) is 0 Å². The lowest BCUT2D eigenvalue weighted by molar-refractivity contribution is 0.669. The molecule has 0 radical (unpaired) electrons. The molecule has 0 amide bonds. The molecule has 0 N–H and O–H groups in total. The van der Waals surface area contributed by atoms with Crippen molar-refractivity contribution < 1.29 is 16.8 Å². The second-order valence-corrected chi connectivity index (χ2v) is 13.2. The van der Waals surface area contributed by atoms with Crippen LogP contribution in [0.15, 0.2) is 192 Å². The molecule has 2 nitrogen and oxygen atoms in total. The second kappa shape index (κ2) is 12.2. The third-order valence-electron chi connectivity index (χ3n) is 9.25. The van der Waals surface area contributed by atoms with Crippen LogP contribution in [0.3, 0.4) is 0 Å². The standard InChI is InChI=1S/C48H31NOS/c1-3-13-32(14-4-1)33-25-27-35(28-26-33)49(44-22-12-19-40-38-17-7-9-23-45(38)50-47(40)44)36-29-30-37(43(31-36)34-15-5-2-6-16-34)41-20-11-21-42-39-18-8-10-24-46(39)51-48(41)42/h1-31H/i1D,3D,4D,13D,14D,25D,26D,27D,28D. The number of furan rings is 1. The van der Waals surface area contributed by atoms with Gasteiger partial charge in [0.15, 0.2) is 5.58 Å². The van der Waals surface area contributed by atoms with E-state index in [1.165, 1.54) is 10.1 Å². The number of hydrogen-bond acceptors (Lipinski definition) is 3. The van der Waals surface area contributed by atoms with Crippen LogP contribution >= 0.6 is 11.3 Å². The van der Waals surface area contributed by atoms with Crippen LogP contribution < -0.4 is 4.90 Å². The third kappa shape index (κ3) is 5.01. The highest BCUT2D eigenvalue weighted by Crippen LogP contribution is 2.47. The first-order chi connectivity index (χ1) is 29.0. The molecule has 0 aliphatic carbocycles. The van der Waals surface area contributed by atoms with Crippen molar-refractivity contribution in [2.75, 3.05) is 4.90 Å². The Hall–Kier alpha value is -6.42. The molecule has 0 saturated heterocycles. The molecule has 0 saturated carbocycles. The zero-order valence-electron chi connectivity index (χ0n) is 36.0. The van der Waals surface area contributed by atoms with Crippen LogP contribution in [-0.4, -0.2) is 0 Å². The number of thiophene rings is 1. The number of fused-ring (bicyclic) bond motifs is 6. The van der Waals surface area contributed by atoms with Gasteiger partial charge in [0.1, 0.15) is 5.58 Å². The molecule has 0 atom stereocenters. The van der Waals surface area contributed by atoms with Gasteiger partial charge in [0.05, 0.1) is 18.0 Å². The van der Waals surface area contributed by atoms with Crippen LogP contribution in [0.4, 0.5) is 17.1 Å². The monoisotopic (exact) mass is 678 g/mol. The van der Waals surface area contributed by atoms with Crippen molar-refractivity contribution in [3.63, 3.8) is 0 Å². The lowest BCUT2D eigenvalue weighted by Crippen LogP contribution is -2.10. The molecule has 3 heteroatoms. The summed E-state index contributed by atoms with van der Waals surface area (Å²) in [5, 5.41) is 3.98. The molecular formula is C48H31NOS. The topological polar surface area (TPSA) is 16.4 Å². The van der Waals surface area contributed by atoms with E-state index in [-0.39, 0.29) is 11.3 Å². The summed E-state index contributed by atoms with van der Waals surface area (Å²) < 4.78 is 88.7. The zero-order valence-corrected chi connectivity index (χ0v) is 27.8. The Morgan fingerprint density at radius 3 is 2.04 bits per heavy atom. The SMILES string of the molecule is [2H]c1c([2H])c([2H])c(-c2c([2H])c([2H])c(N(c3ccc(-c4cccc5c4sc4ccccc45)c(-c4ccccc4)c3)c3cccc4c3oc3ccccc34)c([2H])c2[2H])c([2H])c1[2H]. The van der Waals surface area contributed by atoms with Gasteiger partial charge in [0.2, 0.25) is 0 Å². The maximum Gasteiger partial charge on any atom is 0.159 e. The summed E-state index contributed by atoms with van der Waals surface area (Å²) >= 11 is 1.73. The molecule has 10 rings (SSSR count). The van der Waals surface area contributed by atoms with Gasteiger partial charge in [-0.3, -0.25) is 0 Å². The molecule has 0 unspecified atom stereocenters.